The number of carbonyl (C=O) groups is 1. The number of carbonyl (C=O) groups excluding carboxylic acids is 1. The molecule has 0 unspecified atom stereocenters. The Morgan fingerprint density at radius 3 is 2.74 bits per heavy atom. The molecule has 196 valence electrons. The van der Waals surface area contributed by atoms with Gasteiger partial charge in [0, 0.05) is 21.6 Å². The third-order valence-electron chi connectivity index (χ3n) is 5.88. The lowest BCUT2D eigenvalue weighted by Gasteiger charge is -2.15. The smallest absolute Gasteiger partial charge is 0.282 e. The number of rotatable bonds is 9. The number of ether oxygens (including phenoxy) is 2. The molecular weight excluding hydrogens is 555 g/mol. The summed E-state index contributed by atoms with van der Waals surface area (Å²) in [5.74, 6) is 0.202. The Morgan fingerprint density at radius 1 is 1.21 bits per heavy atom. The molecule has 1 N–H and O–H groups in total. The Labute approximate surface area is 227 Å². The summed E-state index contributed by atoms with van der Waals surface area (Å²) in [6.07, 6.45) is 2.24. The highest BCUT2D eigenvalue weighted by atomic mass is 79.9. The second kappa shape index (κ2) is 12.0. The topological polar surface area (TPSA) is 94.8 Å². The molecule has 0 radical (unpaired) electrons. The molecule has 1 amide bonds. The van der Waals surface area contributed by atoms with Gasteiger partial charge in [-0.2, -0.15) is 9.78 Å². The Balaban J connectivity index is 1.67. The molecule has 10 heteroatoms. The van der Waals surface area contributed by atoms with Gasteiger partial charge in [-0.25, -0.2) is 9.37 Å². The maximum Gasteiger partial charge on any atom is 0.282 e. The van der Waals surface area contributed by atoms with Crippen LogP contribution in [0.2, 0.25) is 0 Å². The van der Waals surface area contributed by atoms with E-state index in [4.69, 9.17) is 14.5 Å². The zero-order valence-corrected chi connectivity index (χ0v) is 22.7. The van der Waals surface area contributed by atoms with Gasteiger partial charge in [-0.05, 0) is 55.0 Å². The zero-order valence-electron chi connectivity index (χ0n) is 21.1. The summed E-state index contributed by atoms with van der Waals surface area (Å²) < 4.78 is 26.7. The molecule has 1 aromatic heterocycles. The highest BCUT2D eigenvalue weighted by Gasteiger charge is 2.17. The number of amides is 1. The van der Waals surface area contributed by atoms with Gasteiger partial charge in [0.25, 0.3) is 11.5 Å². The number of nitrogens with one attached hydrogen (secondary N) is 1. The van der Waals surface area contributed by atoms with Crippen LogP contribution in [0.3, 0.4) is 0 Å². The van der Waals surface area contributed by atoms with Crippen LogP contribution in [0.5, 0.6) is 11.5 Å². The van der Waals surface area contributed by atoms with Gasteiger partial charge < -0.3 is 14.8 Å². The third-order valence-corrected chi connectivity index (χ3v) is 6.38. The van der Waals surface area contributed by atoms with Crippen molar-refractivity contribution in [3.8, 4) is 11.5 Å². The number of anilines is 1. The summed E-state index contributed by atoms with van der Waals surface area (Å²) in [4.78, 5) is 30.6. The van der Waals surface area contributed by atoms with E-state index in [9.17, 15) is 14.0 Å². The van der Waals surface area contributed by atoms with E-state index >= 15 is 0 Å². The first-order valence-electron chi connectivity index (χ1n) is 11.9. The minimum atomic E-state index is -0.482. The van der Waals surface area contributed by atoms with Gasteiger partial charge in [0.05, 0.1) is 24.2 Å². The molecule has 3 aromatic carbocycles. The second-order valence-corrected chi connectivity index (χ2v) is 9.44. The summed E-state index contributed by atoms with van der Waals surface area (Å²) in [6, 6.07) is 16.1. The van der Waals surface area contributed by atoms with Gasteiger partial charge in [-0.15, -0.1) is 0 Å². The van der Waals surface area contributed by atoms with Gasteiger partial charge in [0.2, 0.25) is 0 Å². The van der Waals surface area contributed by atoms with E-state index < -0.39 is 11.7 Å². The molecule has 38 heavy (non-hydrogen) atoms. The van der Waals surface area contributed by atoms with Crippen molar-refractivity contribution < 1.29 is 18.7 Å². The van der Waals surface area contributed by atoms with Crippen molar-refractivity contribution in [2.24, 2.45) is 5.10 Å². The fourth-order valence-corrected chi connectivity index (χ4v) is 4.11. The first kappa shape index (κ1) is 27.0. The van der Waals surface area contributed by atoms with E-state index in [0.717, 1.165) is 10.9 Å². The van der Waals surface area contributed by atoms with Gasteiger partial charge in [-0.1, -0.05) is 41.9 Å². The van der Waals surface area contributed by atoms with Gasteiger partial charge >= 0.3 is 0 Å². The highest BCUT2D eigenvalue weighted by Crippen LogP contribution is 2.30. The number of fused-ring (bicyclic) bond motifs is 1. The molecule has 0 aliphatic carbocycles. The van der Waals surface area contributed by atoms with Gasteiger partial charge in [0.1, 0.15) is 11.6 Å². The zero-order chi connectivity index (χ0) is 27.2. The molecular formula is C28H26BrFN4O4. The van der Waals surface area contributed by atoms with Crippen LogP contribution in [0.1, 0.15) is 37.6 Å². The monoisotopic (exact) mass is 580 g/mol. The van der Waals surface area contributed by atoms with Crippen molar-refractivity contribution in [1.82, 2.24) is 9.66 Å². The number of hydrogen-bond acceptors (Lipinski definition) is 6. The molecule has 0 aliphatic rings. The van der Waals surface area contributed by atoms with Crippen LogP contribution in [-0.4, -0.2) is 35.5 Å². The molecule has 0 bridgehead atoms. The minimum absolute atomic E-state index is 0.0274. The highest BCUT2D eigenvalue weighted by molar-refractivity contribution is 9.10. The Hall–Kier alpha value is -4.05. The van der Waals surface area contributed by atoms with E-state index in [1.54, 1.807) is 36.4 Å². The first-order chi connectivity index (χ1) is 18.3. The standard InChI is InChI=1S/C28H26BrFN4O4/c1-4-17(2)27-33-23-12-11-19(29)13-22(23)28(36)34(27)31-15-18-7-5-10-24(37-3)26(18)38-16-25(35)32-21-9-6-8-20(30)14-21/h5-15,17H,4,16H2,1-3H3,(H,32,35)/t17-/m1/s1. The summed E-state index contributed by atoms with van der Waals surface area (Å²) in [5.41, 5.74) is 1.09. The van der Waals surface area contributed by atoms with E-state index in [2.05, 4.69) is 26.3 Å². The third kappa shape index (κ3) is 6.08. The van der Waals surface area contributed by atoms with Crippen LogP contribution in [0.15, 0.2) is 75.0 Å². The molecule has 0 fully saturated rings. The van der Waals surface area contributed by atoms with Gasteiger partial charge in [-0.3, -0.25) is 9.59 Å². The molecule has 0 saturated carbocycles. The van der Waals surface area contributed by atoms with E-state index in [1.807, 2.05) is 19.9 Å². The lowest BCUT2D eigenvalue weighted by molar-refractivity contribution is -0.118. The number of aromatic nitrogens is 2. The second-order valence-electron chi connectivity index (χ2n) is 8.53. The maximum atomic E-state index is 13.4. The van der Waals surface area contributed by atoms with Crippen molar-refractivity contribution in [2.45, 2.75) is 26.2 Å². The number of methoxy groups -OCH3 is 1. The van der Waals surface area contributed by atoms with Crippen molar-refractivity contribution in [3.05, 3.63) is 92.7 Å². The van der Waals surface area contributed by atoms with E-state index in [-0.39, 0.29) is 23.8 Å². The lowest BCUT2D eigenvalue weighted by atomic mass is 10.1. The fourth-order valence-electron chi connectivity index (χ4n) is 3.75. The van der Waals surface area contributed by atoms with Crippen LogP contribution in [0.25, 0.3) is 10.9 Å². The van der Waals surface area contributed by atoms with Crippen LogP contribution in [-0.2, 0) is 4.79 Å². The molecule has 1 heterocycles. The van der Waals surface area contributed by atoms with Crippen molar-refractivity contribution >= 4 is 44.6 Å². The quantitative estimate of drug-likeness (QED) is 0.255. The number of para-hydroxylation sites is 1. The molecule has 0 spiro atoms. The number of nitrogens with zero attached hydrogens (tertiary/aromatic N) is 3. The lowest BCUT2D eigenvalue weighted by Crippen LogP contribution is -2.24. The van der Waals surface area contributed by atoms with Crippen molar-refractivity contribution in [1.29, 1.82) is 0 Å². The summed E-state index contributed by atoms with van der Waals surface area (Å²) in [6.45, 7) is 3.64. The SMILES string of the molecule is CC[C@@H](C)c1nc2ccc(Br)cc2c(=O)n1N=Cc1cccc(OC)c1OCC(=O)Nc1cccc(F)c1. The Kier molecular flexibility index (Phi) is 8.52. The molecule has 4 aromatic rings. The maximum absolute atomic E-state index is 13.4. The fraction of sp³-hybridized carbons (Fsp3) is 0.214. The average Bonchev–Trinajstić information content (AvgIpc) is 2.91. The molecule has 4 rings (SSSR count). The average molecular weight is 581 g/mol. The molecule has 0 aliphatic heterocycles. The summed E-state index contributed by atoms with van der Waals surface area (Å²) in [5, 5.41) is 7.51. The Bertz CT molecular complexity index is 1570. The van der Waals surface area contributed by atoms with Crippen LogP contribution in [0.4, 0.5) is 10.1 Å². The van der Waals surface area contributed by atoms with Crippen LogP contribution < -0.4 is 20.3 Å². The van der Waals surface area contributed by atoms with Crippen LogP contribution in [0, 0.1) is 5.82 Å². The predicted molar refractivity (Wildman–Crippen MR) is 149 cm³/mol. The predicted octanol–water partition coefficient (Wildman–Crippen LogP) is 5.72. The number of halogens is 2. The van der Waals surface area contributed by atoms with E-state index in [0.29, 0.717) is 33.7 Å². The minimum Gasteiger partial charge on any atom is -0.493 e. The van der Waals surface area contributed by atoms with Gasteiger partial charge in [0.15, 0.2) is 18.1 Å². The normalized spacial score (nSPS) is 12.0. The summed E-state index contributed by atoms with van der Waals surface area (Å²) in [7, 11) is 1.48. The number of hydrogen-bond donors (Lipinski definition) is 1. The molecule has 0 saturated heterocycles. The van der Waals surface area contributed by atoms with E-state index in [1.165, 1.54) is 36.2 Å². The van der Waals surface area contributed by atoms with Crippen molar-refractivity contribution in [2.75, 3.05) is 19.0 Å². The number of benzene rings is 3. The van der Waals surface area contributed by atoms with Crippen molar-refractivity contribution in [3.63, 3.8) is 0 Å². The summed E-state index contributed by atoms with van der Waals surface area (Å²) >= 11 is 3.41. The molecule has 1 atom stereocenters. The molecule has 8 nitrogen and oxygen atoms in total. The first-order valence-corrected chi connectivity index (χ1v) is 12.7. The van der Waals surface area contributed by atoms with Crippen LogP contribution >= 0.6 is 15.9 Å². The Morgan fingerprint density at radius 2 is 2.00 bits per heavy atom. The largest absolute Gasteiger partial charge is 0.493 e.